The van der Waals surface area contributed by atoms with E-state index in [9.17, 15) is 35.4 Å². The molecule has 10 heteroatoms. The smallest absolute Gasteiger partial charge is 0.239 e. The van der Waals surface area contributed by atoms with Crippen molar-refractivity contribution in [3.63, 3.8) is 0 Å². The van der Waals surface area contributed by atoms with E-state index in [0.717, 1.165) is 11.6 Å². The van der Waals surface area contributed by atoms with Crippen LogP contribution in [0.4, 0.5) is 0 Å². The number of hydrogen-bond donors (Lipinski definition) is 6. The van der Waals surface area contributed by atoms with Crippen molar-refractivity contribution in [2.75, 3.05) is 0 Å². The van der Waals surface area contributed by atoms with Crippen LogP contribution in [-0.4, -0.2) is 61.3 Å². The molecule has 2 aromatic carbocycles. The van der Waals surface area contributed by atoms with Gasteiger partial charge in [0.05, 0.1) is 6.10 Å². The molecule has 2 heterocycles. The topological polar surface area (TPSA) is 170 Å². The number of phenols is 3. The van der Waals surface area contributed by atoms with Gasteiger partial charge in [-0.25, -0.2) is 0 Å². The summed E-state index contributed by atoms with van der Waals surface area (Å²) in [5, 5.41) is 61.1. The lowest BCUT2D eigenvalue weighted by atomic mass is 10.00. The normalized spacial score (nSPS) is 24.0. The fraction of sp³-hybridized carbons (Fsp3) is 0.346. The fourth-order valence-electron chi connectivity index (χ4n) is 4.01. The van der Waals surface area contributed by atoms with Crippen molar-refractivity contribution in [3.05, 3.63) is 57.8 Å². The highest BCUT2D eigenvalue weighted by Gasteiger charge is 2.44. The van der Waals surface area contributed by atoms with Gasteiger partial charge < -0.3 is 44.5 Å². The number of rotatable bonds is 5. The van der Waals surface area contributed by atoms with Crippen LogP contribution in [0.15, 0.2) is 51.2 Å². The molecule has 0 amide bonds. The highest BCUT2D eigenvalue weighted by molar-refractivity contribution is 5.91. The average molecular weight is 501 g/mol. The summed E-state index contributed by atoms with van der Waals surface area (Å²) in [4.78, 5) is 13.7. The van der Waals surface area contributed by atoms with E-state index in [1.54, 1.807) is 0 Å². The summed E-state index contributed by atoms with van der Waals surface area (Å²) in [6.07, 6.45) is -5.16. The molecule has 1 aliphatic rings. The molecule has 5 atom stereocenters. The van der Waals surface area contributed by atoms with Crippen molar-refractivity contribution < 1.29 is 44.5 Å². The van der Waals surface area contributed by atoms with Crippen molar-refractivity contribution in [1.29, 1.82) is 0 Å². The molecule has 0 bridgehead atoms. The summed E-state index contributed by atoms with van der Waals surface area (Å²) in [5.74, 6) is -1.43. The molecule has 4 rings (SSSR count). The Morgan fingerprint density at radius 2 is 1.67 bits per heavy atom. The van der Waals surface area contributed by atoms with Gasteiger partial charge in [0.1, 0.15) is 46.5 Å². The van der Waals surface area contributed by atoms with Gasteiger partial charge in [-0.1, -0.05) is 11.6 Å². The number of ether oxygens (including phenoxy) is 2. The number of aromatic hydroxyl groups is 3. The van der Waals surface area contributed by atoms with Crippen molar-refractivity contribution in [2.24, 2.45) is 0 Å². The minimum absolute atomic E-state index is 0.0409. The lowest BCUT2D eigenvalue weighted by molar-refractivity contribution is -0.268. The molecule has 6 N–H and O–H groups in total. The van der Waals surface area contributed by atoms with Crippen LogP contribution in [0.25, 0.3) is 22.3 Å². The first-order chi connectivity index (χ1) is 17.0. The van der Waals surface area contributed by atoms with E-state index in [-0.39, 0.29) is 40.2 Å². The Morgan fingerprint density at radius 3 is 2.31 bits per heavy atom. The largest absolute Gasteiger partial charge is 0.508 e. The monoisotopic (exact) mass is 500 g/mol. The summed E-state index contributed by atoms with van der Waals surface area (Å²) in [6.45, 7) is 5.20. The molecule has 0 unspecified atom stereocenters. The zero-order valence-electron chi connectivity index (χ0n) is 19.9. The van der Waals surface area contributed by atoms with Crippen LogP contribution in [0.2, 0.25) is 0 Å². The van der Waals surface area contributed by atoms with Gasteiger partial charge >= 0.3 is 0 Å². The van der Waals surface area contributed by atoms with Crippen LogP contribution < -0.4 is 10.2 Å². The van der Waals surface area contributed by atoms with Gasteiger partial charge in [-0.2, -0.15) is 0 Å². The van der Waals surface area contributed by atoms with Crippen LogP contribution in [-0.2, 0) is 11.2 Å². The molecule has 0 saturated carbocycles. The van der Waals surface area contributed by atoms with Crippen molar-refractivity contribution in [2.45, 2.75) is 57.9 Å². The molecule has 36 heavy (non-hydrogen) atoms. The van der Waals surface area contributed by atoms with Crippen LogP contribution in [0.1, 0.15) is 26.3 Å². The van der Waals surface area contributed by atoms with Crippen LogP contribution in [0.5, 0.6) is 23.0 Å². The third kappa shape index (κ3) is 4.63. The van der Waals surface area contributed by atoms with E-state index in [1.807, 2.05) is 19.9 Å². The summed E-state index contributed by atoms with van der Waals surface area (Å²) in [6, 6.07) is 6.68. The van der Waals surface area contributed by atoms with Crippen LogP contribution in [0.3, 0.4) is 0 Å². The standard InChI is InChI=1S/C26H28O10/c1-11(2)4-9-15-16(28)10-17(29)18-20(31)25(36-26-22(33)21(32)19(30)12(3)34-26)23(35-24(15)18)13-5-7-14(27)8-6-13/h4-8,10,12,19,21-22,26-30,32-33H,9H2,1-3H3/t12-,19-,21+,22+,26-/m1/s1. The second kappa shape index (κ2) is 9.82. The van der Waals surface area contributed by atoms with Gasteiger partial charge in [-0.05, 0) is 51.5 Å². The molecule has 192 valence electrons. The number of phenolic OH excluding ortho intramolecular Hbond substituents is 3. The van der Waals surface area contributed by atoms with Gasteiger partial charge in [-0.15, -0.1) is 0 Å². The Kier molecular flexibility index (Phi) is 6.96. The fourth-order valence-corrected chi connectivity index (χ4v) is 4.01. The van der Waals surface area contributed by atoms with Crippen LogP contribution in [0, 0.1) is 0 Å². The summed E-state index contributed by atoms with van der Waals surface area (Å²) in [5.41, 5.74) is 0.624. The Labute approximate surface area is 205 Å². The highest BCUT2D eigenvalue weighted by atomic mass is 16.7. The number of hydrogen-bond acceptors (Lipinski definition) is 10. The SMILES string of the molecule is CC(C)=CCc1c(O)cc(O)c2c(=O)c(O[C@H]3O[C@H](C)[C@@H](O)[C@H](O)[C@@H]3O)c(-c3ccc(O)cc3)oc12. The first-order valence-corrected chi connectivity index (χ1v) is 11.3. The zero-order valence-corrected chi connectivity index (χ0v) is 19.9. The minimum atomic E-state index is -1.71. The summed E-state index contributed by atoms with van der Waals surface area (Å²) < 4.78 is 17.3. The molecule has 1 fully saturated rings. The van der Waals surface area contributed by atoms with E-state index >= 15 is 0 Å². The molecule has 0 radical (unpaired) electrons. The van der Waals surface area contributed by atoms with E-state index in [2.05, 4.69) is 0 Å². The lowest BCUT2D eigenvalue weighted by Gasteiger charge is -2.38. The second-order valence-corrected chi connectivity index (χ2v) is 9.02. The molecule has 10 nitrogen and oxygen atoms in total. The Morgan fingerprint density at radius 1 is 1.00 bits per heavy atom. The van der Waals surface area contributed by atoms with E-state index in [0.29, 0.717) is 5.56 Å². The molecular weight excluding hydrogens is 472 g/mol. The molecule has 0 spiro atoms. The average Bonchev–Trinajstić information content (AvgIpc) is 2.82. The maximum Gasteiger partial charge on any atom is 0.239 e. The highest BCUT2D eigenvalue weighted by Crippen LogP contribution is 2.40. The Bertz CT molecular complexity index is 1350. The quantitative estimate of drug-likeness (QED) is 0.286. The lowest BCUT2D eigenvalue weighted by Crippen LogP contribution is -2.58. The van der Waals surface area contributed by atoms with Crippen molar-refractivity contribution in [1.82, 2.24) is 0 Å². The molecule has 1 aliphatic heterocycles. The second-order valence-electron chi connectivity index (χ2n) is 9.02. The first kappa shape index (κ1) is 25.5. The Balaban J connectivity index is 1.97. The predicted octanol–water partition coefficient (Wildman–Crippen LogP) is 2.29. The van der Waals surface area contributed by atoms with Gasteiger partial charge in [0, 0.05) is 17.2 Å². The summed E-state index contributed by atoms with van der Waals surface area (Å²) >= 11 is 0. The van der Waals surface area contributed by atoms with Gasteiger partial charge in [0.15, 0.2) is 5.76 Å². The summed E-state index contributed by atoms with van der Waals surface area (Å²) in [7, 11) is 0. The molecule has 0 aliphatic carbocycles. The number of fused-ring (bicyclic) bond motifs is 1. The first-order valence-electron chi connectivity index (χ1n) is 11.3. The minimum Gasteiger partial charge on any atom is -0.508 e. The third-order valence-corrected chi connectivity index (χ3v) is 6.07. The van der Waals surface area contributed by atoms with Crippen molar-refractivity contribution in [3.8, 4) is 34.3 Å². The van der Waals surface area contributed by atoms with E-state index < -0.39 is 47.6 Å². The van der Waals surface area contributed by atoms with Gasteiger partial charge in [0.25, 0.3) is 0 Å². The van der Waals surface area contributed by atoms with Crippen LogP contribution >= 0.6 is 0 Å². The maximum atomic E-state index is 13.7. The van der Waals surface area contributed by atoms with Gasteiger partial charge in [-0.3, -0.25) is 4.79 Å². The van der Waals surface area contributed by atoms with E-state index in [4.69, 9.17) is 13.9 Å². The maximum absolute atomic E-state index is 13.7. The number of aliphatic hydroxyl groups excluding tert-OH is 3. The predicted molar refractivity (Wildman–Crippen MR) is 129 cm³/mol. The van der Waals surface area contributed by atoms with E-state index in [1.165, 1.54) is 31.2 Å². The molecule has 3 aromatic rings. The van der Waals surface area contributed by atoms with Gasteiger partial charge in [0.2, 0.25) is 17.5 Å². The number of benzene rings is 2. The number of allylic oxidation sites excluding steroid dienone is 2. The number of aliphatic hydroxyl groups is 3. The third-order valence-electron chi connectivity index (χ3n) is 6.07. The molecule has 1 aromatic heterocycles. The molecule has 1 saturated heterocycles. The Hall–Kier alpha value is -3.57. The van der Waals surface area contributed by atoms with Crippen molar-refractivity contribution >= 4 is 11.0 Å². The molecular formula is C26H28O10. The zero-order chi connectivity index (χ0) is 26.3.